The molecule has 0 aromatic heterocycles. The Morgan fingerprint density at radius 1 is 0.696 bits per heavy atom. The number of hydrogen-bond donors (Lipinski definition) is 0. The molecular formula is C22H40Si. The van der Waals surface area contributed by atoms with Crippen LogP contribution in [0.15, 0.2) is 0 Å². The third-order valence-corrected chi connectivity index (χ3v) is 14.8. The predicted octanol–water partition coefficient (Wildman–Crippen LogP) is 7.13. The summed E-state index contributed by atoms with van der Waals surface area (Å²) in [5.41, 5.74) is 2.30. The summed E-state index contributed by atoms with van der Waals surface area (Å²) in [5, 5.41) is 0. The van der Waals surface area contributed by atoms with Gasteiger partial charge >= 0.3 is 0 Å². The minimum atomic E-state index is -1.16. The van der Waals surface area contributed by atoms with Gasteiger partial charge in [0.25, 0.3) is 0 Å². The smallest absolute Gasteiger partial charge is 0.0544 e. The molecule has 0 N–H and O–H groups in total. The maximum atomic E-state index is 2.84. The minimum absolute atomic E-state index is 1.04. The quantitative estimate of drug-likeness (QED) is 0.472. The van der Waals surface area contributed by atoms with Crippen molar-refractivity contribution in [3.63, 3.8) is 0 Å². The molecule has 4 saturated carbocycles. The van der Waals surface area contributed by atoms with Crippen LogP contribution in [0, 0.1) is 35.5 Å². The van der Waals surface area contributed by atoms with E-state index in [2.05, 4.69) is 26.9 Å². The average Bonchev–Trinajstić information content (AvgIpc) is 3.05. The first kappa shape index (κ1) is 16.7. The Morgan fingerprint density at radius 3 is 1.91 bits per heavy atom. The lowest BCUT2D eigenvalue weighted by atomic mass is 9.79. The fourth-order valence-electron chi connectivity index (χ4n) is 8.62. The average molecular weight is 333 g/mol. The Balaban J connectivity index is 1.57. The predicted molar refractivity (Wildman–Crippen MR) is 103 cm³/mol. The van der Waals surface area contributed by atoms with Gasteiger partial charge in [-0.2, -0.15) is 0 Å². The Morgan fingerprint density at radius 2 is 1.26 bits per heavy atom. The molecule has 1 heteroatoms. The Hall–Kier alpha value is 0.217. The second kappa shape index (κ2) is 6.18. The second-order valence-electron chi connectivity index (χ2n) is 10.7. The molecule has 0 radical (unpaired) electrons. The van der Waals surface area contributed by atoms with E-state index in [0.29, 0.717) is 0 Å². The lowest BCUT2D eigenvalue weighted by Crippen LogP contribution is -2.44. The van der Waals surface area contributed by atoms with E-state index in [1.807, 2.05) is 0 Å². The van der Waals surface area contributed by atoms with Crippen LogP contribution in [0.2, 0.25) is 24.2 Å². The van der Waals surface area contributed by atoms with Crippen LogP contribution in [0.5, 0.6) is 0 Å². The van der Waals surface area contributed by atoms with Crippen molar-refractivity contribution in [1.29, 1.82) is 0 Å². The van der Waals surface area contributed by atoms with Crippen molar-refractivity contribution in [2.75, 3.05) is 0 Å². The molecule has 4 fully saturated rings. The van der Waals surface area contributed by atoms with Gasteiger partial charge in [-0.25, -0.2) is 0 Å². The van der Waals surface area contributed by atoms with E-state index in [-0.39, 0.29) is 0 Å². The minimum Gasteiger partial charge on any atom is -0.0689 e. The highest BCUT2D eigenvalue weighted by Crippen LogP contribution is 2.63. The maximum absolute atomic E-state index is 2.84. The standard InChI is InChI=1S/C22H40Si/c1-15-13-17-9-6-8-12-20(17)22(15)23(3,4)21-14-18-10-5-7-11-19(18)16(21)2/h15-22H,5-14H2,1-4H3. The molecule has 8 atom stereocenters. The van der Waals surface area contributed by atoms with Crippen molar-refractivity contribution in [3.05, 3.63) is 0 Å². The van der Waals surface area contributed by atoms with E-state index in [0.717, 1.165) is 46.6 Å². The molecule has 0 heterocycles. The fourth-order valence-corrected chi connectivity index (χ4v) is 14.8. The monoisotopic (exact) mass is 332 g/mol. The molecule has 132 valence electrons. The highest BCUT2D eigenvalue weighted by atomic mass is 28.3. The third-order valence-electron chi connectivity index (χ3n) is 9.37. The van der Waals surface area contributed by atoms with Crippen LogP contribution in [-0.4, -0.2) is 8.07 Å². The van der Waals surface area contributed by atoms with Crippen molar-refractivity contribution in [2.45, 2.75) is 102 Å². The summed E-state index contributed by atoms with van der Waals surface area (Å²) < 4.78 is 0. The van der Waals surface area contributed by atoms with E-state index < -0.39 is 8.07 Å². The molecule has 0 bridgehead atoms. The zero-order chi connectivity index (χ0) is 16.2. The summed E-state index contributed by atoms with van der Waals surface area (Å²) in [4.78, 5) is 0. The van der Waals surface area contributed by atoms with E-state index in [1.165, 1.54) is 19.3 Å². The van der Waals surface area contributed by atoms with Gasteiger partial charge in [-0.3, -0.25) is 0 Å². The van der Waals surface area contributed by atoms with E-state index in [1.54, 1.807) is 44.9 Å². The summed E-state index contributed by atoms with van der Waals surface area (Å²) in [7, 11) is -1.16. The lowest BCUT2D eigenvalue weighted by Gasteiger charge is -2.45. The molecule has 0 nitrogen and oxygen atoms in total. The van der Waals surface area contributed by atoms with Crippen LogP contribution >= 0.6 is 0 Å². The van der Waals surface area contributed by atoms with Crippen LogP contribution in [0.4, 0.5) is 0 Å². The maximum Gasteiger partial charge on any atom is 0.0544 e. The summed E-state index contributed by atoms with van der Waals surface area (Å²) in [6.07, 6.45) is 15.7. The third kappa shape index (κ3) is 2.68. The van der Waals surface area contributed by atoms with Gasteiger partial charge in [0.2, 0.25) is 0 Å². The number of rotatable bonds is 2. The molecule has 0 aromatic rings. The van der Waals surface area contributed by atoms with Crippen LogP contribution in [0.3, 0.4) is 0 Å². The zero-order valence-electron chi connectivity index (χ0n) is 16.2. The molecule has 4 aliphatic rings. The Labute approximate surface area is 146 Å². The normalized spacial score (nSPS) is 50.6. The van der Waals surface area contributed by atoms with E-state index in [9.17, 15) is 0 Å². The highest BCUT2D eigenvalue weighted by molar-refractivity contribution is 6.80. The summed E-state index contributed by atoms with van der Waals surface area (Å²) in [5.74, 6) is 6.58. The van der Waals surface area contributed by atoms with Crippen molar-refractivity contribution >= 4 is 8.07 Å². The molecule has 0 amide bonds. The second-order valence-corrected chi connectivity index (χ2v) is 15.7. The van der Waals surface area contributed by atoms with Gasteiger partial charge in [0, 0.05) is 0 Å². The van der Waals surface area contributed by atoms with Gasteiger partial charge in [0.1, 0.15) is 0 Å². The largest absolute Gasteiger partial charge is 0.0689 e. The van der Waals surface area contributed by atoms with Crippen LogP contribution < -0.4 is 0 Å². The van der Waals surface area contributed by atoms with Crippen LogP contribution in [0.1, 0.15) is 78.1 Å². The highest BCUT2D eigenvalue weighted by Gasteiger charge is 2.56. The zero-order valence-corrected chi connectivity index (χ0v) is 17.2. The van der Waals surface area contributed by atoms with E-state index >= 15 is 0 Å². The molecule has 4 rings (SSSR count). The van der Waals surface area contributed by atoms with Gasteiger partial charge in [-0.05, 0) is 65.9 Å². The van der Waals surface area contributed by atoms with Gasteiger partial charge in [0.05, 0.1) is 8.07 Å². The van der Waals surface area contributed by atoms with Crippen LogP contribution in [-0.2, 0) is 0 Å². The molecule has 4 aliphatic carbocycles. The van der Waals surface area contributed by atoms with Crippen molar-refractivity contribution in [3.8, 4) is 0 Å². The Kier molecular flexibility index (Phi) is 4.48. The molecule has 8 unspecified atom stereocenters. The molecule has 23 heavy (non-hydrogen) atoms. The van der Waals surface area contributed by atoms with Crippen molar-refractivity contribution in [1.82, 2.24) is 0 Å². The van der Waals surface area contributed by atoms with Gasteiger partial charge in [0.15, 0.2) is 0 Å². The lowest BCUT2D eigenvalue weighted by molar-refractivity contribution is 0.237. The first-order valence-electron chi connectivity index (χ1n) is 11.0. The van der Waals surface area contributed by atoms with Crippen molar-refractivity contribution < 1.29 is 0 Å². The topological polar surface area (TPSA) is 0 Å². The molecule has 0 aromatic carbocycles. The first-order valence-corrected chi connectivity index (χ1v) is 14.2. The number of hydrogen-bond acceptors (Lipinski definition) is 0. The fraction of sp³-hybridized carbons (Fsp3) is 1.00. The summed E-state index contributed by atoms with van der Waals surface area (Å²) >= 11 is 0. The first-order chi connectivity index (χ1) is 11.0. The molecular weight excluding hydrogens is 292 g/mol. The van der Waals surface area contributed by atoms with Gasteiger partial charge < -0.3 is 0 Å². The van der Waals surface area contributed by atoms with Crippen molar-refractivity contribution in [2.24, 2.45) is 35.5 Å². The SMILES string of the molecule is CC1CC2CCCCC2C1[Si](C)(C)C1CC2CCCCC2C1C. The summed E-state index contributed by atoms with van der Waals surface area (Å²) in [6.45, 7) is 11.0. The summed E-state index contributed by atoms with van der Waals surface area (Å²) in [6, 6.07) is 0. The Bertz CT molecular complexity index is 428. The van der Waals surface area contributed by atoms with Gasteiger partial charge in [-0.15, -0.1) is 0 Å². The van der Waals surface area contributed by atoms with Crippen LogP contribution in [0.25, 0.3) is 0 Å². The molecule has 0 saturated heterocycles. The number of fused-ring (bicyclic) bond motifs is 2. The molecule has 0 aliphatic heterocycles. The molecule has 0 spiro atoms. The van der Waals surface area contributed by atoms with Gasteiger partial charge in [-0.1, -0.05) is 71.9 Å². The van der Waals surface area contributed by atoms with E-state index in [4.69, 9.17) is 0 Å².